The zero-order valence-electron chi connectivity index (χ0n) is 9.42. The number of nitrogens with zero attached hydrogens (tertiary/aromatic N) is 1. The monoisotopic (exact) mass is 209 g/mol. The smallest absolute Gasteiger partial charge is 0.123 e. The van der Waals surface area contributed by atoms with Gasteiger partial charge in [0, 0.05) is 25.5 Å². The van der Waals surface area contributed by atoms with Crippen LogP contribution in [0.5, 0.6) is 0 Å². The van der Waals surface area contributed by atoms with E-state index in [1.807, 2.05) is 6.20 Å². The number of hydrogen-bond acceptors (Lipinski definition) is 3. The van der Waals surface area contributed by atoms with Crippen LogP contribution in [-0.2, 0) is 11.2 Å². The van der Waals surface area contributed by atoms with Crippen LogP contribution in [0.4, 0.5) is 0 Å². The van der Waals surface area contributed by atoms with Crippen molar-refractivity contribution in [1.29, 1.82) is 0 Å². The topological polar surface area (TPSA) is 49.9 Å². The summed E-state index contributed by atoms with van der Waals surface area (Å²) < 4.78 is 5.31. The third-order valence-corrected chi connectivity index (χ3v) is 2.92. The van der Waals surface area contributed by atoms with Gasteiger partial charge in [-0.2, -0.15) is 0 Å². The normalized spacial score (nSPS) is 26.0. The minimum atomic E-state index is 0.328. The van der Waals surface area contributed by atoms with Crippen molar-refractivity contribution in [2.75, 3.05) is 13.7 Å². The Kier molecular flexibility index (Phi) is 3.38. The van der Waals surface area contributed by atoms with E-state index in [9.17, 15) is 0 Å². The Morgan fingerprint density at radius 1 is 1.60 bits per heavy atom. The number of aromatic amines is 1. The van der Waals surface area contributed by atoms with Crippen LogP contribution in [0.15, 0.2) is 6.20 Å². The molecule has 0 bridgehead atoms. The molecule has 0 aromatic carbocycles. The van der Waals surface area contributed by atoms with Crippen molar-refractivity contribution in [2.24, 2.45) is 0 Å². The fourth-order valence-electron chi connectivity index (χ4n) is 2.04. The molecule has 0 amide bonds. The lowest BCUT2D eigenvalue weighted by Crippen LogP contribution is -2.16. The highest BCUT2D eigenvalue weighted by molar-refractivity contribution is 5.07. The Hall–Kier alpha value is -0.870. The molecule has 2 N–H and O–H groups in total. The van der Waals surface area contributed by atoms with Crippen molar-refractivity contribution in [3.8, 4) is 0 Å². The molecule has 84 valence electrons. The van der Waals surface area contributed by atoms with Crippen molar-refractivity contribution in [2.45, 2.75) is 38.3 Å². The van der Waals surface area contributed by atoms with Gasteiger partial charge >= 0.3 is 0 Å². The minimum absolute atomic E-state index is 0.328. The first-order chi connectivity index (χ1) is 7.33. The predicted octanol–water partition coefficient (Wildman–Crippen LogP) is 1.41. The molecule has 1 aromatic heterocycles. The maximum atomic E-state index is 5.31. The summed E-state index contributed by atoms with van der Waals surface area (Å²) >= 11 is 0. The molecule has 0 saturated carbocycles. The Morgan fingerprint density at radius 3 is 3.13 bits per heavy atom. The van der Waals surface area contributed by atoms with Crippen molar-refractivity contribution < 1.29 is 4.74 Å². The summed E-state index contributed by atoms with van der Waals surface area (Å²) in [6.07, 6.45) is 5.51. The van der Waals surface area contributed by atoms with E-state index in [4.69, 9.17) is 4.74 Å². The van der Waals surface area contributed by atoms with Gasteiger partial charge in [0.2, 0.25) is 0 Å². The van der Waals surface area contributed by atoms with E-state index in [1.165, 1.54) is 5.69 Å². The number of imidazole rings is 1. The molecule has 1 fully saturated rings. The first-order valence-corrected chi connectivity index (χ1v) is 5.63. The molecular weight excluding hydrogens is 190 g/mol. The molecule has 1 aliphatic rings. The Morgan fingerprint density at radius 2 is 2.47 bits per heavy atom. The summed E-state index contributed by atoms with van der Waals surface area (Å²) in [5.41, 5.74) is 1.23. The highest BCUT2D eigenvalue weighted by atomic mass is 16.5. The molecular formula is C11H19N3O. The quantitative estimate of drug-likeness (QED) is 0.788. The second kappa shape index (κ2) is 4.77. The van der Waals surface area contributed by atoms with Crippen molar-refractivity contribution in [1.82, 2.24) is 15.3 Å². The second-order valence-corrected chi connectivity index (χ2v) is 4.10. The lowest BCUT2D eigenvalue weighted by molar-refractivity contribution is 0.117. The van der Waals surface area contributed by atoms with Crippen LogP contribution < -0.4 is 5.32 Å². The van der Waals surface area contributed by atoms with Crippen LogP contribution in [0, 0.1) is 0 Å². The molecule has 0 spiro atoms. The number of aryl methyl sites for hydroxylation is 1. The van der Waals surface area contributed by atoms with Crippen molar-refractivity contribution in [3.05, 3.63) is 17.7 Å². The first kappa shape index (κ1) is 10.6. The molecule has 1 saturated heterocycles. The van der Waals surface area contributed by atoms with Gasteiger partial charge in [-0.25, -0.2) is 4.98 Å². The van der Waals surface area contributed by atoms with E-state index in [2.05, 4.69) is 22.2 Å². The molecule has 2 rings (SSSR count). The minimum Gasteiger partial charge on any atom is -0.380 e. The Bertz CT molecular complexity index is 311. The molecule has 4 heteroatoms. The summed E-state index contributed by atoms with van der Waals surface area (Å²) in [7, 11) is 1.76. The van der Waals surface area contributed by atoms with Crippen LogP contribution in [-0.4, -0.2) is 29.7 Å². The molecule has 1 aliphatic heterocycles. The maximum absolute atomic E-state index is 5.31. The summed E-state index contributed by atoms with van der Waals surface area (Å²) in [6.45, 7) is 3.10. The van der Waals surface area contributed by atoms with Crippen LogP contribution in [0.2, 0.25) is 0 Å². The van der Waals surface area contributed by atoms with Crippen molar-refractivity contribution >= 4 is 0 Å². The predicted molar refractivity (Wildman–Crippen MR) is 58.7 cm³/mol. The Balaban J connectivity index is 1.97. The van der Waals surface area contributed by atoms with Gasteiger partial charge in [-0.15, -0.1) is 0 Å². The summed E-state index contributed by atoms with van der Waals surface area (Å²) in [6, 6.07) is 0.334. The molecule has 0 radical (unpaired) electrons. The number of hydrogen-bond donors (Lipinski definition) is 2. The Labute approximate surface area is 90.4 Å². The number of aromatic nitrogens is 2. The first-order valence-electron chi connectivity index (χ1n) is 5.63. The van der Waals surface area contributed by atoms with E-state index >= 15 is 0 Å². The number of rotatable bonds is 4. The summed E-state index contributed by atoms with van der Waals surface area (Å²) in [4.78, 5) is 7.78. The van der Waals surface area contributed by atoms with Crippen LogP contribution >= 0.6 is 0 Å². The van der Waals surface area contributed by atoms with E-state index in [1.54, 1.807) is 7.11 Å². The van der Waals surface area contributed by atoms with E-state index in [0.29, 0.717) is 12.1 Å². The summed E-state index contributed by atoms with van der Waals surface area (Å²) in [5.74, 6) is 1.05. The van der Waals surface area contributed by atoms with Gasteiger partial charge in [0.15, 0.2) is 0 Å². The van der Waals surface area contributed by atoms with Gasteiger partial charge in [0.05, 0.1) is 12.1 Å². The molecule has 0 aliphatic carbocycles. The number of methoxy groups -OCH3 is 1. The van der Waals surface area contributed by atoms with Gasteiger partial charge < -0.3 is 15.0 Å². The number of nitrogens with one attached hydrogen (secondary N) is 2. The zero-order chi connectivity index (χ0) is 10.7. The van der Waals surface area contributed by atoms with E-state index in [-0.39, 0.29) is 0 Å². The van der Waals surface area contributed by atoms with Crippen LogP contribution in [0.3, 0.4) is 0 Å². The lowest BCUT2D eigenvalue weighted by atomic mass is 10.2. The number of H-pyrrole nitrogens is 1. The maximum Gasteiger partial charge on any atom is 0.123 e. The largest absolute Gasteiger partial charge is 0.380 e. The van der Waals surface area contributed by atoms with Gasteiger partial charge in [0.1, 0.15) is 5.82 Å². The van der Waals surface area contributed by atoms with Gasteiger partial charge in [-0.05, 0) is 12.8 Å². The standard InChI is InChI=1S/C11H19N3O/c1-3-4-8-6-13-11(14-8)10-5-9(15-2)7-12-10/h6,9-10,12H,3-5,7H2,1-2H3,(H,13,14). The second-order valence-electron chi connectivity index (χ2n) is 4.10. The molecule has 2 heterocycles. The third-order valence-electron chi connectivity index (χ3n) is 2.92. The fourth-order valence-corrected chi connectivity index (χ4v) is 2.04. The highest BCUT2D eigenvalue weighted by Crippen LogP contribution is 2.22. The van der Waals surface area contributed by atoms with E-state index < -0.39 is 0 Å². The summed E-state index contributed by atoms with van der Waals surface area (Å²) in [5, 5.41) is 3.41. The molecule has 2 atom stereocenters. The zero-order valence-corrected chi connectivity index (χ0v) is 9.42. The van der Waals surface area contributed by atoms with Crippen LogP contribution in [0.1, 0.15) is 37.3 Å². The SMILES string of the molecule is CCCc1cnc(C2CC(OC)CN2)[nH]1. The average Bonchev–Trinajstić information content (AvgIpc) is 2.85. The number of ether oxygens (including phenoxy) is 1. The van der Waals surface area contributed by atoms with Gasteiger partial charge in [-0.3, -0.25) is 0 Å². The van der Waals surface area contributed by atoms with Gasteiger partial charge in [0.25, 0.3) is 0 Å². The molecule has 1 aromatic rings. The fraction of sp³-hybridized carbons (Fsp3) is 0.727. The molecule has 15 heavy (non-hydrogen) atoms. The van der Waals surface area contributed by atoms with Gasteiger partial charge in [-0.1, -0.05) is 13.3 Å². The van der Waals surface area contributed by atoms with E-state index in [0.717, 1.165) is 31.6 Å². The average molecular weight is 209 g/mol. The van der Waals surface area contributed by atoms with Crippen LogP contribution in [0.25, 0.3) is 0 Å². The lowest BCUT2D eigenvalue weighted by Gasteiger charge is -2.06. The van der Waals surface area contributed by atoms with Crippen molar-refractivity contribution in [3.63, 3.8) is 0 Å². The molecule has 4 nitrogen and oxygen atoms in total. The third kappa shape index (κ3) is 2.38. The highest BCUT2D eigenvalue weighted by Gasteiger charge is 2.26. The molecule has 2 unspecified atom stereocenters.